The number of amides is 3. The van der Waals surface area contributed by atoms with Crippen molar-refractivity contribution in [1.29, 1.82) is 0 Å². The van der Waals surface area contributed by atoms with Gasteiger partial charge in [0.25, 0.3) is 0 Å². The van der Waals surface area contributed by atoms with E-state index in [0.717, 1.165) is 5.56 Å². The van der Waals surface area contributed by atoms with Gasteiger partial charge in [0.15, 0.2) is 0 Å². The SMILES string of the molecule is CC(C)(C)OC(=O)NC[C@H](N)C(=O)N[C@@H](Cc1ccccc1)C(N)=O. The average molecular weight is 350 g/mol. The summed E-state index contributed by atoms with van der Waals surface area (Å²) in [6.07, 6.45) is -0.416. The van der Waals surface area contributed by atoms with Gasteiger partial charge in [-0.05, 0) is 26.3 Å². The Bertz CT molecular complexity index is 598. The molecular weight excluding hydrogens is 324 g/mol. The number of nitrogens with one attached hydrogen (secondary N) is 2. The predicted octanol–water partition coefficient (Wildman–Crippen LogP) is 0.0512. The molecule has 8 heteroatoms. The summed E-state index contributed by atoms with van der Waals surface area (Å²) in [5, 5.41) is 4.91. The Morgan fingerprint density at radius 3 is 2.28 bits per heavy atom. The van der Waals surface area contributed by atoms with Crippen LogP contribution in [0.4, 0.5) is 4.79 Å². The lowest BCUT2D eigenvalue weighted by molar-refractivity contribution is -0.128. The van der Waals surface area contributed by atoms with Gasteiger partial charge in [-0.25, -0.2) is 4.79 Å². The molecule has 0 aromatic heterocycles. The summed E-state index contributed by atoms with van der Waals surface area (Å²) < 4.78 is 5.05. The van der Waals surface area contributed by atoms with E-state index in [1.54, 1.807) is 20.8 Å². The van der Waals surface area contributed by atoms with Gasteiger partial charge in [-0.15, -0.1) is 0 Å². The maximum atomic E-state index is 12.1. The first-order valence-corrected chi connectivity index (χ1v) is 7.94. The van der Waals surface area contributed by atoms with Crippen LogP contribution < -0.4 is 22.1 Å². The van der Waals surface area contributed by atoms with E-state index in [2.05, 4.69) is 10.6 Å². The Balaban J connectivity index is 2.53. The fraction of sp³-hybridized carbons (Fsp3) is 0.471. The highest BCUT2D eigenvalue weighted by molar-refractivity contribution is 5.89. The molecule has 0 radical (unpaired) electrons. The van der Waals surface area contributed by atoms with Gasteiger partial charge in [-0.1, -0.05) is 30.3 Å². The van der Waals surface area contributed by atoms with Crippen molar-refractivity contribution in [3.05, 3.63) is 35.9 Å². The van der Waals surface area contributed by atoms with Crippen LogP contribution in [0, 0.1) is 0 Å². The van der Waals surface area contributed by atoms with E-state index in [4.69, 9.17) is 16.2 Å². The topological polar surface area (TPSA) is 137 Å². The third-order valence-corrected chi connectivity index (χ3v) is 3.14. The van der Waals surface area contributed by atoms with E-state index in [-0.39, 0.29) is 13.0 Å². The van der Waals surface area contributed by atoms with Crippen molar-refractivity contribution >= 4 is 17.9 Å². The largest absolute Gasteiger partial charge is 0.444 e. The van der Waals surface area contributed by atoms with E-state index in [9.17, 15) is 14.4 Å². The van der Waals surface area contributed by atoms with Crippen molar-refractivity contribution in [2.24, 2.45) is 11.5 Å². The number of rotatable bonds is 7. The van der Waals surface area contributed by atoms with Crippen LogP contribution in [0.1, 0.15) is 26.3 Å². The van der Waals surface area contributed by atoms with Crippen LogP contribution in [0.2, 0.25) is 0 Å². The van der Waals surface area contributed by atoms with Crippen molar-refractivity contribution in [3.8, 4) is 0 Å². The number of benzene rings is 1. The zero-order chi connectivity index (χ0) is 19.0. The summed E-state index contributed by atoms with van der Waals surface area (Å²) in [5.74, 6) is -1.25. The smallest absolute Gasteiger partial charge is 0.407 e. The molecule has 0 saturated carbocycles. The third kappa shape index (κ3) is 8.16. The molecule has 0 heterocycles. The minimum absolute atomic E-state index is 0.127. The molecule has 138 valence electrons. The molecule has 0 aliphatic carbocycles. The molecule has 0 aliphatic rings. The van der Waals surface area contributed by atoms with Crippen LogP contribution in [-0.2, 0) is 20.7 Å². The molecule has 2 atom stereocenters. The van der Waals surface area contributed by atoms with E-state index < -0.39 is 35.6 Å². The third-order valence-electron chi connectivity index (χ3n) is 3.14. The zero-order valence-electron chi connectivity index (χ0n) is 14.7. The first kappa shape index (κ1) is 20.4. The fourth-order valence-corrected chi connectivity index (χ4v) is 1.95. The molecule has 0 bridgehead atoms. The summed E-state index contributed by atoms with van der Waals surface area (Å²) in [6.45, 7) is 5.04. The average Bonchev–Trinajstić information content (AvgIpc) is 2.51. The molecule has 8 nitrogen and oxygen atoms in total. The lowest BCUT2D eigenvalue weighted by atomic mass is 10.1. The highest BCUT2D eigenvalue weighted by Gasteiger charge is 2.23. The van der Waals surface area contributed by atoms with Gasteiger partial charge in [-0.2, -0.15) is 0 Å². The molecule has 1 aromatic rings. The lowest BCUT2D eigenvalue weighted by Crippen LogP contribution is -2.54. The van der Waals surface area contributed by atoms with Gasteiger partial charge in [0.1, 0.15) is 17.7 Å². The van der Waals surface area contributed by atoms with Crippen LogP contribution in [0.25, 0.3) is 0 Å². The molecule has 0 unspecified atom stereocenters. The molecule has 3 amide bonds. The van der Waals surface area contributed by atoms with Crippen LogP contribution in [0.15, 0.2) is 30.3 Å². The highest BCUT2D eigenvalue weighted by atomic mass is 16.6. The quantitative estimate of drug-likeness (QED) is 0.551. The van der Waals surface area contributed by atoms with E-state index in [1.807, 2.05) is 30.3 Å². The maximum absolute atomic E-state index is 12.1. The van der Waals surface area contributed by atoms with Crippen LogP contribution >= 0.6 is 0 Å². The number of alkyl carbamates (subject to hydrolysis) is 1. The van der Waals surface area contributed by atoms with Gasteiger partial charge in [0.05, 0.1) is 0 Å². The second-order valence-electron chi connectivity index (χ2n) is 6.64. The number of hydrogen-bond donors (Lipinski definition) is 4. The van der Waals surface area contributed by atoms with Crippen LogP contribution in [0.3, 0.4) is 0 Å². The van der Waals surface area contributed by atoms with Crippen molar-refractivity contribution in [1.82, 2.24) is 10.6 Å². The molecular formula is C17H26N4O4. The summed E-state index contributed by atoms with van der Waals surface area (Å²) in [7, 11) is 0. The van der Waals surface area contributed by atoms with Gasteiger partial charge >= 0.3 is 6.09 Å². The number of carbonyl (C=O) groups excluding carboxylic acids is 3. The van der Waals surface area contributed by atoms with Crippen LogP contribution in [0.5, 0.6) is 0 Å². The molecule has 0 fully saturated rings. The first-order valence-electron chi connectivity index (χ1n) is 7.94. The Labute approximate surface area is 147 Å². The molecule has 0 saturated heterocycles. The van der Waals surface area contributed by atoms with Gasteiger partial charge in [0, 0.05) is 13.0 Å². The standard InChI is InChI=1S/C17H26N4O4/c1-17(2,3)25-16(24)20-10-12(18)15(23)21-13(14(19)22)9-11-7-5-4-6-8-11/h4-8,12-13H,9-10,18H2,1-3H3,(H2,19,22)(H,20,24)(H,21,23)/t12-,13-/m0/s1. The fourth-order valence-electron chi connectivity index (χ4n) is 1.95. The number of carbonyl (C=O) groups is 3. The minimum atomic E-state index is -1.04. The number of nitrogens with two attached hydrogens (primary N) is 2. The summed E-state index contributed by atoms with van der Waals surface area (Å²) >= 11 is 0. The van der Waals surface area contributed by atoms with Crippen molar-refractivity contribution < 1.29 is 19.1 Å². The van der Waals surface area contributed by atoms with E-state index in [0.29, 0.717) is 0 Å². The second kappa shape index (κ2) is 9.03. The molecule has 1 aromatic carbocycles. The number of primary amides is 1. The Morgan fingerprint density at radius 2 is 1.76 bits per heavy atom. The van der Waals surface area contributed by atoms with Crippen molar-refractivity contribution in [2.75, 3.05) is 6.54 Å². The minimum Gasteiger partial charge on any atom is -0.444 e. The summed E-state index contributed by atoms with van der Waals surface area (Å²) in [6, 6.07) is 7.22. The van der Waals surface area contributed by atoms with Crippen molar-refractivity contribution in [3.63, 3.8) is 0 Å². The normalized spacial score (nSPS) is 13.4. The Kier molecular flexibility index (Phi) is 7.38. The van der Waals surface area contributed by atoms with Gasteiger partial charge in [0.2, 0.25) is 11.8 Å². The molecule has 1 rings (SSSR count). The maximum Gasteiger partial charge on any atom is 0.407 e. The Hall–Kier alpha value is -2.61. The molecule has 0 aliphatic heterocycles. The van der Waals surface area contributed by atoms with Crippen LogP contribution in [-0.4, -0.2) is 42.1 Å². The predicted molar refractivity (Wildman–Crippen MR) is 93.5 cm³/mol. The van der Waals surface area contributed by atoms with E-state index >= 15 is 0 Å². The lowest BCUT2D eigenvalue weighted by Gasteiger charge is -2.21. The summed E-state index contributed by atoms with van der Waals surface area (Å²) in [5.41, 5.74) is 11.3. The highest BCUT2D eigenvalue weighted by Crippen LogP contribution is 2.06. The molecule has 6 N–H and O–H groups in total. The van der Waals surface area contributed by atoms with Gasteiger partial charge in [-0.3, -0.25) is 9.59 Å². The summed E-state index contributed by atoms with van der Waals surface area (Å²) in [4.78, 5) is 35.2. The second-order valence-corrected chi connectivity index (χ2v) is 6.64. The zero-order valence-corrected chi connectivity index (χ0v) is 14.7. The Morgan fingerprint density at radius 1 is 1.16 bits per heavy atom. The number of ether oxygens (including phenoxy) is 1. The van der Waals surface area contributed by atoms with E-state index in [1.165, 1.54) is 0 Å². The van der Waals surface area contributed by atoms with Gasteiger partial charge < -0.3 is 26.8 Å². The molecule has 25 heavy (non-hydrogen) atoms. The monoisotopic (exact) mass is 350 g/mol. The molecule has 0 spiro atoms. The first-order chi connectivity index (χ1) is 11.6. The number of hydrogen-bond acceptors (Lipinski definition) is 5. The van der Waals surface area contributed by atoms with Crippen molar-refractivity contribution in [2.45, 2.75) is 44.9 Å².